The van der Waals surface area contributed by atoms with Crippen molar-refractivity contribution in [2.24, 2.45) is 4.99 Å². The molecular formula is C18H24FN3O3. The molecule has 1 aromatic rings. The van der Waals surface area contributed by atoms with Crippen molar-refractivity contribution < 1.29 is 18.6 Å². The van der Waals surface area contributed by atoms with Crippen LogP contribution in [-0.4, -0.2) is 44.6 Å². The van der Waals surface area contributed by atoms with Crippen LogP contribution in [-0.2, 0) is 22.5 Å². The summed E-state index contributed by atoms with van der Waals surface area (Å²) in [5, 5.41) is 6.75. The zero-order valence-corrected chi connectivity index (χ0v) is 14.4. The largest absolute Gasteiger partial charge is 0.467 e. The molecule has 3 aliphatic heterocycles. The van der Waals surface area contributed by atoms with Crippen molar-refractivity contribution >= 4 is 5.96 Å². The number of hydrogen-bond donors (Lipinski definition) is 2. The van der Waals surface area contributed by atoms with Crippen molar-refractivity contribution in [2.75, 3.05) is 20.4 Å². The predicted octanol–water partition coefficient (Wildman–Crippen LogP) is 1.72. The van der Waals surface area contributed by atoms with Gasteiger partial charge >= 0.3 is 0 Å². The van der Waals surface area contributed by atoms with Gasteiger partial charge in [0.15, 0.2) is 12.8 Å². The molecule has 0 radical (unpaired) electrons. The Kier molecular flexibility index (Phi) is 4.76. The third kappa shape index (κ3) is 3.57. The van der Waals surface area contributed by atoms with Gasteiger partial charge < -0.3 is 24.8 Å². The minimum atomic E-state index is -0.260. The Morgan fingerprint density at radius 3 is 3.04 bits per heavy atom. The molecule has 4 rings (SSSR count). The molecule has 3 atom stereocenters. The molecule has 3 unspecified atom stereocenters. The van der Waals surface area contributed by atoms with Gasteiger partial charge in [-0.2, -0.15) is 0 Å². The minimum Gasteiger partial charge on any atom is -0.467 e. The Morgan fingerprint density at radius 1 is 1.36 bits per heavy atom. The summed E-state index contributed by atoms with van der Waals surface area (Å²) in [5.41, 5.74) is 1.62. The van der Waals surface area contributed by atoms with Crippen LogP contribution in [0.25, 0.3) is 0 Å². The second-order valence-electron chi connectivity index (χ2n) is 6.77. The third-order valence-corrected chi connectivity index (χ3v) is 5.09. The molecule has 0 aliphatic carbocycles. The van der Waals surface area contributed by atoms with Gasteiger partial charge in [0.25, 0.3) is 0 Å². The van der Waals surface area contributed by atoms with E-state index in [2.05, 4.69) is 15.6 Å². The SMILES string of the molecule is CN=C(NCCc1cc(F)cc2c1OCOC2)NC1CC2CCC1O2. The molecule has 2 bridgehead atoms. The maximum Gasteiger partial charge on any atom is 0.191 e. The monoisotopic (exact) mass is 349 g/mol. The van der Waals surface area contributed by atoms with Crippen molar-refractivity contribution in [3.05, 3.63) is 29.1 Å². The molecule has 2 N–H and O–H groups in total. The first-order valence-corrected chi connectivity index (χ1v) is 8.87. The summed E-state index contributed by atoms with van der Waals surface area (Å²) in [6, 6.07) is 3.33. The van der Waals surface area contributed by atoms with Gasteiger partial charge in [-0.25, -0.2) is 4.39 Å². The topological polar surface area (TPSA) is 64.1 Å². The highest BCUT2D eigenvalue weighted by molar-refractivity contribution is 5.80. The van der Waals surface area contributed by atoms with Crippen LogP contribution in [0.3, 0.4) is 0 Å². The van der Waals surface area contributed by atoms with E-state index in [1.807, 2.05) is 0 Å². The highest BCUT2D eigenvalue weighted by Crippen LogP contribution is 2.34. The number of fused-ring (bicyclic) bond motifs is 3. The van der Waals surface area contributed by atoms with E-state index in [0.717, 1.165) is 35.7 Å². The fourth-order valence-electron chi connectivity index (χ4n) is 3.92. The van der Waals surface area contributed by atoms with Crippen LogP contribution >= 0.6 is 0 Å². The Bertz CT molecular complexity index is 667. The first-order valence-electron chi connectivity index (χ1n) is 8.87. The lowest BCUT2D eigenvalue weighted by atomic mass is 9.96. The van der Waals surface area contributed by atoms with Gasteiger partial charge in [-0.1, -0.05) is 0 Å². The zero-order chi connectivity index (χ0) is 17.2. The first-order chi connectivity index (χ1) is 12.2. The van der Waals surface area contributed by atoms with E-state index in [0.29, 0.717) is 37.8 Å². The average Bonchev–Trinajstić information content (AvgIpc) is 3.23. The Morgan fingerprint density at radius 2 is 2.28 bits per heavy atom. The molecule has 0 spiro atoms. The van der Waals surface area contributed by atoms with Gasteiger partial charge in [0, 0.05) is 19.2 Å². The molecule has 0 saturated carbocycles. The molecule has 0 aromatic heterocycles. The molecule has 2 fully saturated rings. The van der Waals surface area contributed by atoms with Gasteiger partial charge in [0.05, 0.1) is 24.9 Å². The van der Waals surface area contributed by atoms with Crippen LogP contribution < -0.4 is 15.4 Å². The van der Waals surface area contributed by atoms with Gasteiger partial charge in [-0.3, -0.25) is 4.99 Å². The second kappa shape index (κ2) is 7.17. The molecule has 1 aromatic carbocycles. The fourth-order valence-corrected chi connectivity index (χ4v) is 3.92. The summed E-state index contributed by atoms with van der Waals surface area (Å²) in [4.78, 5) is 4.28. The molecule has 2 saturated heterocycles. The number of nitrogens with one attached hydrogen (secondary N) is 2. The average molecular weight is 349 g/mol. The number of nitrogens with zero attached hydrogens (tertiary/aromatic N) is 1. The molecular weight excluding hydrogens is 325 g/mol. The number of aliphatic imine (C=N–C) groups is 1. The smallest absolute Gasteiger partial charge is 0.191 e. The number of halogens is 1. The quantitative estimate of drug-likeness (QED) is 0.640. The standard InChI is InChI=1S/C18H24FN3O3/c1-20-18(22-15-8-14-2-3-16(15)25-14)21-5-4-11-6-13(19)7-12-9-23-10-24-17(11)12/h6-7,14-16H,2-5,8-10H2,1H3,(H2,20,21,22). The highest BCUT2D eigenvalue weighted by Gasteiger charge is 2.41. The summed E-state index contributed by atoms with van der Waals surface area (Å²) in [7, 11) is 1.76. The van der Waals surface area contributed by atoms with Crippen LogP contribution in [0, 0.1) is 5.82 Å². The number of guanidine groups is 1. The van der Waals surface area contributed by atoms with E-state index in [1.165, 1.54) is 18.6 Å². The summed E-state index contributed by atoms with van der Waals surface area (Å²) >= 11 is 0. The molecule has 7 heteroatoms. The third-order valence-electron chi connectivity index (χ3n) is 5.09. The van der Waals surface area contributed by atoms with Crippen LogP contribution in [0.4, 0.5) is 4.39 Å². The summed E-state index contributed by atoms with van der Waals surface area (Å²) in [6.45, 7) is 1.24. The van der Waals surface area contributed by atoms with Crippen molar-refractivity contribution in [1.82, 2.24) is 10.6 Å². The lowest BCUT2D eigenvalue weighted by Crippen LogP contribution is -2.47. The van der Waals surface area contributed by atoms with Crippen LogP contribution in [0.1, 0.15) is 30.4 Å². The minimum absolute atomic E-state index is 0.215. The molecule has 6 nitrogen and oxygen atoms in total. The lowest BCUT2D eigenvalue weighted by Gasteiger charge is -2.23. The lowest BCUT2D eigenvalue weighted by molar-refractivity contribution is -0.0172. The number of benzene rings is 1. The summed E-state index contributed by atoms with van der Waals surface area (Å²) in [5.74, 6) is 1.25. The predicted molar refractivity (Wildman–Crippen MR) is 91.2 cm³/mol. The maximum atomic E-state index is 13.8. The Labute approximate surface area is 146 Å². The van der Waals surface area contributed by atoms with Gasteiger partial charge in [0.1, 0.15) is 11.6 Å². The Balaban J connectivity index is 1.33. The van der Waals surface area contributed by atoms with E-state index in [9.17, 15) is 4.39 Å². The Hall–Kier alpha value is -1.86. The van der Waals surface area contributed by atoms with E-state index in [1.54, 1.807) is 7.05 Å². The summed E-state index contributed by atoms with van der Waals surface area (Å²) in [6.07, 6.45) is 4.67. The normalized spacial score (nSPS) is 27.8. The van der Waals surface area contributed by atoms with E-state index in [-0.39, 0.29) is 12.6 Å². The second-order valence-corrected chi connectivity index (χ2v) is 6.77. The molecule has 3 heterocycles. The number of ether oxygens (including phenoxy) is 3. The van der Waals surface area contributed by atoms with Gasteiger partial charge in [-0.15, -0.1) is 0 Å². The molecule has 25 heavy (non-hydrogen) atoms. The van der Waals surface area contributed by atoms with Crippen LogP contribution in [0.2, 0.25) is 0 Å². The molecule has 0 amide bonds. The van der Waals surface area contributed by atoms with E-state index < -0.39 is 0 Å². The van der Waals surface area contributed by atoms with Gasteiger partial charge in [-0.05, 0) is 43.4 Å². The van der Waals surface area contributed by atoms with Crippen molar-refractivity contribution in [3.63, 3.8) is 0 Å². The van der Waals surface area contributed by atoms with Crippen molar-refractivity contribution in [1.29, 1.82) is 0 Å². The first kappa shape index (κ1) is 16.6. The maximum absolute atomic E-state index is 13.8. The van der Waals surface area contributed by atoms with Crippen LogP contribution in [0.5, 0.6) is 5.75 Å². The van der Waals surface area contributed by atoms with Crippen molar-refractivity contribution in [2.45, 2.75) is 50.5 Å². The highest BCUT2D eigenvalue weighted by atomic mass is 19.1. The summed E-state index contributed by atoms with van der Waals surface area (Å²) < 4.78 is 30.4. The number of hydrogen-bond acceptors (Lipinski definition) is 4. The fraction of sp³-hybridized carbons (Fsp3) is 0.611. The molecule has 136 valence electrons. The van der Waals surface area contributed by atoms with Gasteiger partial charge in [0.2, 0.25) is 0 Å². The molecule has 3 aliphatic rings. The zero-order valence-electron chi connectivity index (χ0n) is 14.4. The van der Waals surface area contributed by atoms with E-state index >= 15 is 0 Å². The number of rotatable bonds is 4. The van der Waals surface area contributed by atoms with Crippen LogP contribution in [0.15, 0.2) is 17.1 Å². The van der Waals surface area contributed by atoms with E-state index in [4.69, 9.17) is 14.2 Å². The van der Waals surface area contributed by atoms with Crippen molar-refractivity contribution in [3.8, 4) is 5.75 Å².